The van der Waals surface area contributed by atoms with Gasteiger partial charge in [-0.15, -0.1) is 0 Å². The Morgan fingerprint density at radius 2 is 2.19 bits per heavy atom. The first-order valence-corrected chi connectivity index (χ1v) is 9.70. The predicted molar refractivity (Wildman–Crippen MR) is 109 cm³/mol. The molecule has 8 heteroatoms. The Balaban J connectivity index is 1.66. The Kier molecular flexibility index (Phi) is 5.94. The van der Waals surface area contributed by atoms with Crippen LogP contribution in [0.15, 0.2) is 27.8 Å². The monoisotopic (exact) mass is 435 g/mol. The Bertz CT molecular complexity index is 847. The van der Waals surface area contributed by atoms with Crippen LogP contribution in [0.5, 0.6) is 11.5 Å². The number of guanidine groups is 1. The summed E-state index contributed by atoms with van der Waals surface area (Å²) in [7, 11) is 5.78. The number of nitrogens with one attached hydrogen (secondary N) is 1. The lowest BCUT2D eigenvalue weighted by atomic mass is 10.1. The molecular weight excluding hydrogens is 410 g/mol. The highest BCUT2D eigenvalue weighted by atomic mass is 79.9. The molecule has 0 fully saturated rings. The first-order chi connectivity index (χ1) is 12.9. The summed E-state index contributed by atoms with van der Waals surface area (Å²) in [5.74, 6) is 2.73. The highest BCUT2D eigenvalue weighted by Crippen LogP contribution is 2.39. The summed E-state index contributed by atoms with van der Waals surface area (Å²) in [6.07, 6.45) is 2.08. The molecule has 27 heavy (non-hydrogen) atoms. The average Bonchev–Trinajstić information content (AvgIpc) is 3.22. The lowest BCUT2D eigenvalue weighted by molar-refractivity contribution is 0.173. The fourth-order valence-corrected chi connectivity index (χ4v) is 3.79. The third-order valence-electron chi connectivity index (χ3n) is 4.40. The Morgan fingerprint density at radius 3 is 2.89 bits per heavy atom. The molecule has 0 saturated carbocycles. The summed E-state index contributed by atoms with van der Waals surface area (Å²) in [6.45, 7) is 5.97. The van der Waals surface area contributed by atoms with E-state index in [0.29, 0.717) is 12.5 Å². The SMILES string of the molecule is CN=C(NCc1cc(Br)c2c(c1)OCO2)N(C)Cc1cn(C)nc1C(C)C. The number of benzene rings is 1. The minimum atomic E-state index is 0.262. The van der Waals surface area contributed by atoms with Crippen molar-refractivity contribution in [2.45, 2.75) is 32.9 Å². The molecule has 1 aromatic carbocycles. The maximum Gasteiger partial charge on any atom is 0.231 e. The zero-order valence-corrected chi connectivity index (χ0v) is 18.0. The molecule has 0 unspecified atom stereocenters. The van der Waals surface area contributed by atoms with Gasteiger partial charge in [-0.3, -0.25) is 9.67 Å². The van der Waals surface area contributed by atoms with E-state index in [1.165, 1.54) is 5.56 Å². The largest absolute Gasteiger partial charge is 0.454 e. The molecule has 1 aliphatic heterocycles. The van der Waals surface area contributed by atoms with Gasteiger partial charge in [-0.2, -0.15) is 5.10 Å². The van der Waals surface area contributed by atoms with E-state index in [4.69, 9.17) is 9.47 Å². The summed E-state index contributed by atoms with van der Waals surface area (Å²) in [6, 6.07) is 4.02. The highest BCUT2D eigenvalue weighted by Gasteiger charge is 2.19. The van der Waals surface area contributed by atoms with Crippen LogP contribution in [-0.2, 0) is 20.1 Å². The average molecular weight is 436 g/mol. The molecule has 0 radical (unpaired) electrons. The molecule has 0 atom stereocenters. The zero-order chi connectivity index (χ0) is 19.6. The number of aromatic nitrogens is 2. The van der Waals surface area contributed by atoms with Crippen molar-refractivity contribution in [3.05, 3.63) is 39.6 Å². The van der Waals surface area contributed by atoms with Crippen molar-refractivity contribution < 1.29 is 9.47 Å². The van der Waals surface area contributed by atoms with Gasteiger partial charge in [-0.25, -0.2) is 0 Å². The maximum absolute atomic E-state index is 5.49. The molecule has 0 spiro atoms. The van der Waals surface area contributed by atoms with Crippen LogP contribution in [0.4, 0.5) is 0 Å². The minimum absolute atomic E-state index is 0.262. The van der Waals surface area contributed by atoms with E-state index in [9.17, 15) is 0 Å². The van der Waals surface area contributed by atoms with Crippen molar-refractivity contribution in [2.24, 2.45) is 12.0 Å². The number of aliphatic imine (C=N–C) groups is 1. The van der Waals surface area contributed by atoms with E-state index in [-0.39, 0.29) is 6.79 Å². The van der Waals surface area contributed by atoms with Gasteiger partial charge in [0.15, 0.2) is 17.5 Å². The number of hydrogen-bond acceptors (Lipinski definition) is 4. The molecular formula is C19H26BrN5O2. The van der Waals surface area contributed by atoms with Crippen molar-refractivity contribution in [1.82, 2.24) is 20.0 Å². The Morgan fingerprint density at radius 1 is 1.41 bits per heavy atom. The first-order valence-electron chi connectivity index (χ1n) is 8.91. The van der Waals surface area contributed by atoms with Gasteiger partial charge in [-0.05, 0) is 39.5 Å². The number of aryl methyl sites for hydroxylation is 1. The van der Waals surface area contributed by atoms with Crippen molar-refractivity contribution in [1.29, 1.82) is 0 Å². The third kappa shape index (κ3) is 4.37. The van der Waals surface area contributed by atoms with Gasteiger partial charge in [0.1, 0.15) is 0 Å². The summed E-state index contributed by atoms with van der Waals surface area (Å²) < 4.78 is 13.7. The van der Waals surface area contributed by atoms with Crippen LogP contribution in [0.25, 0.3) is 0 Å². The van der Waals surface area contributed by atoms with Crippen LogP contribution in [0.3, 0.4) is 0 Å². The van der Waals surface area contributed by atoms with Crippen LogP contribution in [0, 0.1) is 0 Å². The molecule has 1 aliphatic rings. The second-order valence-electron chi connectivity index (χ2n) is 6.94. The summed E-state index contributed by atoms with van der Waals surface area (Å²) in [5, 5.41) is 7.99. The summed E-state index contributed by atoms with van der Waals surface area (Å²) >= 11 is 3.54. The number of rotatable bonds is 5. The quantitative estimate of drug-likeness (QED) is 0.576. The third-order valence-corrected chi connectivity index (χ3v) is 4.99. The van der Waals surface area contributed by atoms with Crippen molar-refractivity contribution in [3.8, 4) is 11.5 Å². The highest BCUT2D eigenvalue weighted by molar-refractivity contribution is 9.10. The van der Waals surface area contributed by atoms with Crippen LogP contribution in [0.2, 0.25) is 0 Å². The molecule has 0 aliphatic carbocycles. The lowest BCUT2D eigenvalue weighted by Gasteiger charge is -2.22. The molecule has 2 aromatic rings. The molecule has 1 N–H and O–H groups in total. The van der Waals surface area contributed by atoms with E-state index in [0.717, 1.165) is 39.7 Å². The summed E-state index contributed by atoms with van der Waals surface area (Å²) in [4.78, 5) is 6.51. The van der Waals surface area contributed by atoms with Gasteiger partial charge in [0.05, 0.1) is 10.2 Å². The fourth-order valence-electron chi connectivity index (χ4n) is 3.18. The van der Waals surface area contributed by atoms with Gasteiger partial charge in [-0.1, -0.05) is 13.8 Å². The lowest BCUT2D eigenvalue weighted by Crippen LogP contribution is -2.38. The minimum Gasteiger partial charge on any atom is -0.454 e. The fraction of sp³-hybridized carbons (Fsp3) is 0.474. The van der Waals surface area contributed by atoms with E-state index in [1.807, 2.05) is 30.9 Å². The number of halogens is 1. The van der Waals surface area contributed by atoms with E-state index in [1.54, 1.807) is 7.05 Å². The topological polar surface area (TPSA) is 63.9 Å². The van der Waals surface area contributed by atoms with Gasteiger partial charge < -0.3 is 19.7 Å². The maximum atomic E-state index is 5.49. The van der Waals surface area contributed by atoms with Crippen molar-refractivity contribution >= 4 is 21.9 Å². The molecule has 0 saturated heterocycles. The van der Waals surface area contributed by atoms with E-state index in [2.05, 4.69) is 56.3 Å². The van der Waals surface area contributed by atoms with Gasteiger partial charge in [0, 0.05) is 46.0 Å². The van der Waals surface area contributed by atoms with Crippen molar-refractivity contribution in [2.75, 3.05) is 20.9 Å². The Labute approximate surface area is 168 Å². The van der Waals surface area contributed by atoms with Gasteiger partial charge in [0.2, 0.25) is 6.79 Å². The van der Waals surface area contributed by atoms with E-state index < -0.39 is 0 Å². The molecule has 7 nitrogen and oxygen atoms in total. The second kappa shape index (κ2) is 8.21. The van der Waals surface area contributed by atoms with Crippen LogP contribution in [0.1, 0.15) is 36.6 Å². The van der Waals surface area contributed by atoms with Crippen LogP contribution < -0.4 is 14.8 Å². The normalized spacial score (nSPS) is 13.4. The first kappa shape index (κ1) is 19.5. The molecule has 146 valence electrons. The predicted octanol–water partition coefficient (Wildman–Crippen LogP) is 3.24. The number of nitrogens with zero attached hydrogens (tertiary/aromatic N) is 4. The van der Waals surface area contributed by atoms with Gasteiger partial charge in [0.25, 0.3) is 0 Å². The number of hydrogen-bond donors (Lipinski definition) is 1. The Hall–Kier alpha value is -2.22. The van der Waals surface area contributed by atoms with Crippen LogP contribution in [-0.4, -0.2) is 41.5 Å². The van der Waals surface area contributed by atoms with Gasteiger partial charge >= 0.3 is 0 Å². The van der Waals surface area contributed by atoms with Crippen LogP contribution >= 0.6 is 15.9 Å². The molecule has 1 aromatic heterocycles. The molecule has 0 amide bonds. The van der Waals surface area contributed by atoms with Crippen molar-refractivity contribution in [3.63, 3.8) is 0 Å². The summed E-state index contributed by atoms with van der Waals surface area (Å²) in [5.41, 5.74) is 3.42. The van der Waals surface area contributed by atoms with E-state index >= 15 is 0 Å². The standard InChI is InChI=1S/C19H26BrN5O2/c1-12(2)17-14(10-25(5)23-17)9-24(4)19(21-3)22-8-13-6-15(20)18-16(7-13)26-11-27-18/h6-7,10,12H,8-9,11H2,1-5H3,(H,21,22). The molecule has 3 rings (SSSR count). The molecule has 2 heterocycles. The zero-order valence-electron chi connectivity index (χ0n) is 16.4. The smallest absolute Gasteiger partial charge is 0.231 e. The number of fused-ring (bicyclic) bond motifs is 1. The number of ether oxygens (including phenoxy) is 2. The molecule has 0 bridgehead atoms. The second-order valence-corrected chi connectivity index (χ2v) is 7.79.